The molecule has 158 valence electrons. The average molecular weight is 451 g/mol. The number of benzene rings is 3. The molecule has 0 spiro atoms. The fraction of sp³-hybridized carbons (Fsp3) is 0.120. The predicted octanol–water partition coefficient (Wildman–Crippen LogP) is 6.50. The molecule has 2 amide bonds. The summed E-state index contributed by atoms with van der Waals surface area (Å²) in [4.78, 5) is 25.8. The molecule has 3 aromatic rings. The van der Waals surface area contributed by atoms with Gasteiger partial charge < -0.3 is 10.6 Å². The lowest BCUT2D eigenvalue weighted by molar-refractivity contribution is -0.115. The lowest BCUT2D eigenvalue weighted by atomic mass is 10.2. The van der Waals surface area contributed by atoms with Crippen LogP contribution in [0.2, 0.25) is 5.02 Å². The zero-order valence-corrected chi connectivity index (χ0v) is 18.6. The molecule has 2 N–H and O–H groups in total. The van der Waals surface area contributed by atoms with Gasteiger partial charge in [0, 0.05) is 27.4 Å². The summed E-state index contributed by atoms with van der Waals surface area (Å²) in [5.41, 5.74) is 2.30. The topological polar surface area (TPSA) is 58.2 Å². The molecule has 3 aromatic carbocycles. The number of nitrogens with one attached hydrogen (secondary N) is 2. The molecule has 31 heavy (non-hydrogen) atoms. The minimum absolute atomic E-state index is 0.0880. The Labute approximate surface area is 191 Å². The van der Waals surface area contributed by atoms with Crippen LogP contribution in [-0.2, 0) is 9.59 Å². The highest BCUT2D eigenvalue weighted by Crippen LogP contribution is 2.29. The summed E-state index contributed by atoms with van der Waals surface area (Å²) in [7, 11) is 0. The highest BCUT2D eigenvalue weighted by molar-refractivity contribution is 8.00. The molecule has 0 aliphatic heterocycles. The van der Waals surface area contributed by atoms with Crippen LogP contribution in [0.4, 0.5) is 11.4 Å². The molecule has 0 fully saturated rings. The third kappa shape index (κ3) is 7.31. The van der Waals surface area contributed by atoms with Gasteiger partial charge in [-0.25, -0.2) is 0 Å². The fourth-order valence-corrected chi connectivity index (χ4v) is 4.05. The van der Waals surface area contributed by atoms with E-state index in [0.29, 0.717) is 22.8 Å². The molecule has 0 heterocycles. The van der Waals surface area contributed by atoms with E-state index in [1.807, 2.05) is 61.5 Å². The van der Waals surface area contributed by atoms with E-state index >= 15 is 0 Å². The molecule has 0 bridgehead atoms. The van der Waals surface area contributed by atoms with Crippen LogP contribution < -0.4 is 10.6 Å². The van der Waals surface area contributed by atoms with Crippen molar-refractivity contribution in [3.8, 4) is 0 Å². The zero-order chi connectivity index (χ0) is 22.1. The summed E-state index contributed by atoms with van der Waals surface area (Å²) < 4.78 is 0. The van der Waals surface area contributed by atoms with Crippen molar-refractivity contribution >= 4 is 52.6 Å². The number of rotatable bonds is 8. The predicted molar refractivity (Wildman–Crippen MR) is 131 cm³/mol. The van der Waals surface area contributed by atoms with E-state index in [2.05, 4.69) is 10.6 Å². The number of carbonyl (C=O) groups excluding carboxylic acids is 2. The van der Waals surface area contributed by atoms with Crippen LogP contribution in [0.25, 0.3) is 6.08 Å². The monoisotopic (exact) mass is 450 g/mol. The Hall–Kier alpha value is -3.02. The summed E-state index contributed by atoms with van der Waals surface area (Å²) in [6.07, 6.45) is 3.93. The third-order valence-corrected chi connectivity index (χ3v) is 5.96. The lowest BCUT2D eigenvalue weighted by Gasteiger charge is -2.15. The van der Waals surface area contributed by atoms with Crippen LogP contribution in [0.5, 0.6) is 0 Å². The smallest absolute Gasteiger partial charge is 0.248 e. The summed E-state index contributed by atoms with van der Waals surface area (Å²) in [6, 6.07) is 24.2. The molecule has 0 aliphatic carbocycles. The maximum atomic E-state index is 12.7. The second-order valence-electron chi connectivity index (χ2n) is 6.78. The fourth-order valence-electron chi connectivity index (χ4n) is 2.84. The van der Waals surface area contributed by atoms with Crippen LogP contribution in [-0.4, -0.2) is 17.1 Å². The number of halogens is 1. The largest absolute Gasteiger partial charge is 0.325 e. The quantitative estimate of drug-likeness (QED) is 0.304. The summed E-state index contributed by atoms with van der Waals surface area (Å²) in [5, 5.41) is 6.07. The number of thioether (sulfide) groups is 1. The van der Waals surface area contributed by atoms with Gasteiger partial charge in [-0.2, -0.15) is 0 Å². The van der Waals surface area contributed by atoms with Gasteiger partial charge in [0.1, 0.15) is 0 Å². The Morgan fingerprint density at radius 3 is 2.35 bits per heavy atom. The maximum absolute atomic E-state index is 12.7. The van der Waals surface area contributed by atoms with Gasteiger partial charge in [-0.1, -0.05) is 61.0 Å². The SMILES string of the molecule is CCC(Sc1cccc(NC(=O)/C=C/c2ccccc2)c1)C(=O)Nc1cccc(Cl)c1. The number of hydrogen-bond acceptors (Lipinski definition) is 3. The molecule has 0 aliphatic rings. The highest BCUT2D eigenvalue weighted by Gasteiger charge is 2.18. The normalized spacial score (nSPS) is 11.8. The van der Waals surface area contributed by atoms with Crippen molar-refractivity contribution in [3.63, 3.8) is 0 Å². The van der Waals surface area contributed by atoms with Gasteiger partial charge >= 0.3 is 0 Å². The van der Waals surface area contributed by atoms with Crippen LogP contribution in [0.3, 0.4) is 0 Å². The van der Waals surface area contributed by atoms with E-state index in [1.165, 1.54) is 17.8 Å². The minimum atomic E-state index is -0.275. The first-order valence-electron chi connectivity index (χ1n) is 9.91. The van der Waals surface area contributed by atoms with E-state index in [0.717, 1.165) is 10.5 Å². The van der Waals surface area contributed by atoms with E-state index < -0.39 is 0 Å². The number of amides is 2. The van der Waals surface area contributed by atoms with E-state index in [4.69, 9.17) is 11.6 Å². The Balaban J connectivity index is 1.61. The molecule has 1 atom stereocenters. The van der Waals surface area contributed by atoms with E-state index in [9.17, 15) is 9.59 Å². The zero-order valence-electron chi connectivity index (χ0n) is 17.0. The second-order valence-corrected chi connectivity index (χ2v) is 8.49. The van der Waals surface area contributed by atoms with Crippen molar-refractivity contribution in [2.75, 3.05) is 10.6 Å². The number of hydrogen-bond donors (Lipinski definition) is 2. The first kappa shape index (κ1) is 22.7. The Kier molecular flexibility index (Phi) is 8.33. The molecule has 3 rings (SSSR count). The summed E-state index contributed by atoms with van der Waals surface area (Å²) >= 11 is 7.45. The van der Waals surface area contributed by atoms with Gasteiger partial charge in [-0.15, -0.1) is 11.8 Å². The van der Waals surface area contributed by atoms with Gasteiger partial charge in [-0.3, -0.25) is 9.59 Å². The van der Waals surface area contributed by atoms with Gasteiger partial charge in [0.25, 0.3) is 0 Å². The van der Waals surface area contributed by atoms with E-state index in [1.54, 1.807) is 30.3 Å². The number of anilines is 2. The molecule has 6 heteroatoms. The van der Waals surface area contributed by atoms with Crippen LogP contribution in [0.1, 0.15) is 18.9 Å². The molecular weight excluding hydrogens is 428 g/mol. The first-order chi connectivity index (χ1) is 15.0. The maximum Gasteiger partial charge on any atom is 0.248 e. The minimum Gasteiger partial charge on any atom is -0.325 e. The van der Waals surface area contributed by atoms with Crippen molar-refractivity contribution in [1.82, 2.24) is 0 Å². The Bertz CT molecular complexity index is 1070. The van der Waals surface area contributed by atoms with Gasteiger partial charge in [-0.05, 0) is 54.5 Å². The van der Waals surface area contributed by atoms with Crippen molar-refractivity contribution in [2.24, 2.45) is 0 Å². The summed E-state index contributed by atoms with van der Waals surface area (Å²) in [6.45, 7) is 1.97. The number of carbonyl (C=O) groups is 2. The van der Waals surface area contributed by atoms with Gasteiger partial charge in [0.15, 0.2) is 0 Å². The standard InChI is InChI=1S/C25H23ClN2O2S/c1-2-23(25(30)28-20-11-6-10-19(26)16-20)31-22-13-7-12-21(17-22)27-24(29)15-14-18-8-4-3-5-9-18/h3-17,23H,2H2,1H3,(H,27,29)(H,28,30)/b15-14+. The first-order valence-corrected chi connectivity index (χ1v) is 11.2. The highest BCUT2D eigenvalue weighted by atomic mass is 35.5. The van der Waals surface area contributed by atoms with Gasteiger partial charge in [0.05, 0.1) is 5.25 Å². The lowest BCUT2D eigenvalue weighted by Crippen LogP contribution is -2.24. The van der Waals surface area contributed by atoms with Crippen molar-refractivity contribution in [3.05, 3.63) is 95.5 Å². The third-order valence-electron chi connectivity index (χ3n) is 4.36. The Morgan fingerprint density at radius 1 is 0.935 bits per heavy atom. The van der Waals surface area contributed by atoms with Crippen molar-refractivity contribution in [2.45, 2.75) is 23.5 Å². The summed E-state index contributed by atoms with van der Waals surface area (Å²) in [5.74, 6) is -0.299. The van der Waals surface area contributed by atoms with Gasteiger partial charge in [0.2, 0.25) is 11.8 Å². The molecule has 0 aromatic heterocycles. The molecule has 0 saturated carbocycles. The molecule has 0 radical (unpaired) electrons. The molecule has 4 nitrogen and oxygen atoms in total. The molecule has 1 unspecified atom stereocenters. The Morgan fingerprint density at radius 2 is 1.65 bits per heavy atom. The van der Waals surface area contributed by atoms with Crippen molar-refractivity contribution in [1.29, 1.82) is 0 Å². The molecular formula is C25H23ClN2O2S. The van der Waals surface area contributed by atoms with Crippen LogP contribution in [0, 0.1) is 0 Å². The van der Waals surface area contributed by atoms with Crippen LogP contribution >= 0.6 is 23.4 Å². The van der Waals surface area contributed by atoms with Crippen molar-refractivity contribution < 1.29 is 9.59 Å². The molecule has 0 saturated heterocycles. The van der Waals surface area contributed by atoms with E-state index in [-0.39, 0.29) is 17.1 Å². The average Bonchev–Trinajstić information content (AvgIpc) is 2.77. The van der Waals surface area contributed by atoms with Crippen LogP contribution in [0.15, 0.2) is 89.8 Å². The second kappa shape index (κ2) is 11.4.